The zero-order valence-electron chi connectivity index (χ0n) is 12.3. The number of allylic oxidation sites excluding steroid dienone is 1. The molecule has 0 N–H and O–H groups in total. The van der Waals surface area contributed by atoms with Crippen molar-refractivity contribution in [2.24, 2.45) is 10.8 Å². The fourth-order valence-corrected chi connectivity index (χ4v) is 3.63. The Bertz CT molecular complexity index is 458. The molecule has 104 valence electrons. The first-order valence-electron chi connectivity index (χ1n) is 7.22. The summed E-state index contributed by atoms with van der Waals surface area (Å²) in [4.78, 5) is 15.9. The highest BCUT2D eigenvalue weighted by Gasteiger charge is 2.55. The second-order valence-electron chi connectivity index (χ2n) is 6.36. The first-order valence-corrected chi connectivity index (χ1v) is 7.22. The third-order valence-corrected chi connectivity index (χ3v) is 4.91. The van der Waals surface area contributed by atoms with E-state index in [0.717, 1.165) is 25.7 Å². The summed E-state index contributed by atoms with van der Waals surface area (Å²) < 4.78 is 6.24. The number of fused-ring (bicyclic) bond motifs is 1. The number of nitrogens with zero attached hydrogens (tertiary/aromatic N) is 1. The molecule has 1 heterocycles. The molecular weight excluding hydrogens is 238 g/mol. The van der Waals surface area contributed by atoms with E-state index < -0.39 is 5.41 Å². The second-order valence-corrected chi connectivity index (χ2v) is 6.36. The van der Waals surface area contributed by atoms with E-state index in [0.29, 0.717) is 5.70 Å². The van der Waals surface area contributed by atoms with E-state index in [-0.39, 0.29) is 23.4 Å². The average molecular weight is 261 g/mol. The maximum atomic E-state index is 12.4. The SMILES string of the molecule is [C-]#[N+]C1=C[C@]2(CC)CC[C@H](CC)O[C@H]2C(C)(C)C1=O. The number of carbonyl (C=O) groups is 1. The summed E-state index contributed by atoms with van der Waals surface area (Å²) in [6.07, 6.45) is 6.00. The molecule has 3 atom stereocenters. The van der Waals surface area contributed by atoms with Crippen LogP contribution < -0.4 is 0 Å². The van der Waals surface area contributed by atoms with Gasteiger partial charge in [0, 0.05) is 10.8 Å². The first kappa shape index (κ1) is 14.3. The van der Waals surface area contributed by atoms with Crippen LogP contribution in [0.2, 0.25) is 0 Å². The number of hydrogen-bond acceptors (Lipinski definition) is 2. The highest BCUT2D eigenvalue weighted by Crippen LogP contribution is 2.53. The Kier molecular flexibility index (Phi) is 3.57. The molecule has 2 aliphatic rings. The van der Waals surface area contributed by atoms with Crippen molar-refractivity contribution in [2.45, 2.75) is 65.6 Å². The van der Waals surface area contributed by atoms with Gasteiger partial charge in [-0.3, -0.25) is 0 Å². The molecule has 2 rings (SSSR count). The minimum absolute atomic E-state index is 0.0617. The Balaban J connectivity index is 2.50. The molecule has 0 unspecified atom stereocenters. The Morgan fingerprint density at radius 1 is 1.47 bits per heavy atom. The predicted molar refractivity (Wildman–Crippen MR) is 74.4 cm³/mol. The highest BCUT2D eigenvalue weighted by atomic mass is 16.5. The number of Topliss-reactive ketones (excluding diaryl/α,β-unsaturated/α-hetero) is 1. The molecule has 0 bridgehead atoms. The largest absolute Gasteiger partial charge is 0.373 e. The van der Waals surface area contributed by atoms with Crippen molar-refractivity contribution in [3.8, 4) is 0 Å². The van der Waals surface area contributed by atoms with Crippen molar-refractivity contribution >= 4 is 5.78 Å². The molecule has 3 heteroatoms. The fourth-order valence-electron chi connectivity index (χ4n) is 3.63. The van der Waals surface area contributed by atoms with Crippen LogP contribution in [-0.2, 0) is 9.53 Å². The average Bonchev–Trinajstić information content (AvgIpc) is 2.42. The summed E-state index contributed by atoms with van der Waals surface area (Å²) in [5.41, 5.74) is -0.428. The zero-order chi connectivity index (χ0) is 14.3. The van der Waals surface area contributed by atoms with Gasteiger partial charge in [0.2, 0.25) is 5.70 Å². The van der Waals surface area contributed by atoms with E-state index in [1.165, 1.54) is 0 Å². The van der Waals surface area contributed by atoms with Gasteiger partial charge in [-0.05, 0) is 25.7 Å². The van der Waals surface area contributed by atoms with Gasteiger partial charge in [-0.1, -0.05) is 33.8 Å². The van der Waals surface area contributed by atoms with Crippen LogP contribution in [0.4, 0.5) is 0 Å². The summed E-state index contributed by atoms with van der Waals surface area (Å²) in [5, 5.41) is 0. The van der Waals surface area contributed by atoms with Crippen LogP contribution in [0.3, 0.4) is 0 Å². The van der Waals surface area contributed by atoms with Crippen molar-refractivity contribution in [3.05, 3.63) is 23.2 Å². The summed E-state index contributed by atoms with van der Waals surface area (Å²) in [5.74, 6) is -0.0617. The molecule has 0 aromatic rings. The summed E-state index contributed by atoms with van der Waals surface area (Å²) >= 11 is 0. The Labute approximate surface area is 115 Å². The minimum Gasteiger partial charge on any atom is -0.373 e. The van der Waals surface area contributed by atoms with Crippen molar-refractivity contribution in [3.63, 3.8) is 0 Å². The van der Waals surface area contributed by atoms with Crippen LogP contribution in [0.1, 0.15) is 53.4 Å². The van der Waals surface area contributed by atoms with Crippen molar-refractivity contribution < 1.29 is 9.53 Å². The molecule has 0 saturated carbocycles. The first-order chi connectivity index (χ1) is 8.91. The molecule has 0 aromatic carbocycles. The van der Waals surface area contributed by atoms with Crippen molar-refractivity contribution in [1.29, 1.82) is 0 Å². The standard InChI is InChI=1S/C16H23NO2/c1-6-11-8-9-16(7-2)10-12(17-5)13(18)15(3,4)14(16)19-11/h10-11,14H,6-9H2,1-4H3/t11-,14-,16-/m0/s1. The minimum atomic E-state index is -0.599. The highest BCUT2D eigenvalue weighted by molar-refractivity contribution is 6.02. The quantitative estimate of drug-likeness (QED) is 0.709. The van der Waals surface area contributed by atoms with E-state index >= 15 is 0 Å². The Hall–Kier alpha value is -1.14. The number of rotatable bonds is 2. The van der Waals surface area contributed by atoms with Gasteiger partial charge in [-0.15, -0.1) is 0 Å². The molecule has 1 aliphatic carbocycles. The lowest BCUT2D eigenvalue weighted by Gasteiger charge is -2.53. The Morgan fingerprint density at radius 3 is 2.68 bits per heavy atom. The number of ketones is 1. The van der Waals surface area contributed by atoms with Gasteiger partial charge in [0.1, 0.15) is 0 Å². The lowest BCUT2D eigenvalue weighted by atomic mass is 9.59. The predicted octanol–water partition coefficient (Wildman–Crippen LogP) is 3.75. The van der Waals surface area contributed by atoms with E-state index in [9.17, 15) is 4.79 Å². The maximum Gasteiger partial charge on any atom is 0.226 e. The molecule has 1 fully saturated rings. The van der Waals surface area contributed by atoms with E-state index in [2.05, 4.69) is 18.7 Å². The fraction of sp³-hybridized carbons (Fsp3) is 0.750. The molecule has 19 heavy (non-hydrogen) atoms. The zero-order valence-corrected chi connectivity index (χ0v) is 12.3. The van der Waals surface area contributed by atoms with Gasteiger partial charge >= 0.3 is 0 Å². The maximum absolute atomic E-state index is 12.4. The number of hydrogen-bond donors (Lipinski definition) is 0. The molecule has 1 saturated heterocycles. The summed E-state index contributed by atoms with van der Waals surface area (Å²) in [6, 6.07) is 0. The second kappa shape index (κ2) is 4.76. The summed E-state index contributed by atoms with van der Waals surface area (Å²) in [6.45, 7) is 15.4. The van der Waals surface area contributed by atoms with Crippen LogP contribution in [-0.4, -0.2) is 18.0 Å². The van der Waals surface area contributed by atoms with Gasteiger partial charge in [0.15, 0.2) is 5.78 Å². The van der Waals surface area contributed by atoms with Crippen LogP contribution in [0.25, 0.3) is 4.85 Å². The van der Waals surface area contributed by atoms with Crippen molar-refractivity contribution in [1.82, 2.24) is 0 Å². The summed E-state index contributed by atoms with van der Waals surface area (Å²) in [7, 11) is 0. The van der Waals surface area contributed by atoms with E-state index in [1.807, 2.05) is 19.9 Å². The van der Waals surface area contributed by atoms with Gasteiger partial charge in [-0.2, -0.15) is 0 Å². The molecule has 0 amide bonds. The van der Waals surface area contributed by atoms with Crippen LogP contribution in [0, 0.1) is 17.4 Å². The van der Waals surface area contributed by atoms with E-state index in [4.69, 9.17) is 11.3 Å². The number of carbonyl (C=O) groups excluding carboxylic acids is 1. The van der Waals surface area contributed by atoms with Crippen molar-refractivity contribution in [2.75, 3.05) is 0 Å². The lowest BCUT2D eigenvalue weighted by molar-refractivity contribution is -0.175. The van der Waals surface area contributed by atoms with Gasteiger partial charge in [0.05, 0.1) is 18.8 Å². The topological polar surface area (TPSA) is 30.7 Å². The third-order valence-electron chi connectivity index (χ3n) is 4.91. The van der Waals surface area contributed by atoms with Gasteiger partial charge in [-0.25, -0.2) is 4.85 Å². The molecule has 1 aliphatic heterocycles. The molecule has 3 nitrogen and oxygen atoms in total. The van der Waals surface area contributed by atoms with Crippen LogP contribution >= 0.6 is 0 Å². The Morgan fingerprint density at radius 2 is 2.16 bits per heavy atom. The lowest BCUT2D eigenvalue weighted by Crippen LogP contribution is -2.56. The van der Waals surface area contributed by atoms with Crippen LogP contribution in [0.5, 0.6) is 0 Å². The third kappa shape index (κ3) is 2.03. The van der Waals surface area contributed by atoms with Gasteiger partial charge < -0.3 is 9.53 Å². The van der Waals surface area contributed by atoms with E-state index in [1.54, 1.807) is 0 Å². The molecular formula is C16H23NO2. The van der Waals surface area contributed by atoms with Crippen LogP contribution in [0.15, 0.2) is 11.8 Å². The molecule has 0 aromatic heterocycles. The molecule has 0 radical (unpaired) electrons. The normalized spacial score (nSPS) is 37.2. The molecule has 0 spiro atoms. The monoisotopic (exact) mass is 261 g/mol. The van der Waals surface area contributed by atoms with Gasteiger partial charge in [0.25, 0.3) is 0 Å². The smallest absolute Gasteiger partial charge is 0.226 e. The number of ether oxygens (including phenoxy) is 1.